The van der Waals surface area contributed by atoms with Crippen molar-refractivity contribution in [3.63, 3.8) is 0 Å². The number of rotatable bonds is 7. The lowest BCUT2D eigenvalue weighted by Crippen LogP contribution is -2.32. The van der Waals surface area contributed by atoms with Crippen molar-refractivity contribution in [2.24, 2.45) is 0 Å². The molecule has 3 nitrogen and oxygen atoms in total. The number of aryl methyl sites for hydroxylation is 3. The molecular formula is C26H35NO2S. The van der Waals surface area contributed by atoms with Gasteiger partial charge in [0.2, 0.25) is 0 Å². The Balaban J connectivity index is 1.45. The van der Waals surface area contributed by atoms with Crippen LogP contribution in [0.25, 0.3) is 0 Å². The van der Waals surface area contributed by atoms with Crippen LogP contribution in [0.15, 0.2) is 41.3 Å². The van der Waals surface area contributed by atoms with Gasteiger partial charge in [-0.05, 0) is 86.8 Å². The van der Waals surface area contributed by atoms with Crippen LogP contribution in [0, 0.1) is 13.8 Å². The molecule has 1 fully saturated rings. The average molecular weight is 426 g/mol. The smallest absolute Gasteiger partial charge is 0.158 e. The van der Waals surface area contributed by atoms with Crippen molar-refractivity contribution in [1.29, 1.82) is 0 Å². The molecule has 0 spiro atoms. The summed E-state index contributed by atoms with van der Waals surface area (Å²) in [7, 11) is 0. The van der Waals surface area contributed by atoms with E-state index in [2.05, 4.69) is 69.0 Å². The van der Waals surface area contributed by atoms with Crippen molar-refractivity contribution in [3.8, 4) is 5.75 Å². The van der Waals surface area contributed by atoms with Crippen LogP contribution in [0.3, 0.4) is 0 Å². The van der Waals surface area contributed by atoms with Gasteiger partial charge in [-0.1, -0.05) is 49.9 Å². The van der Waals surface area contributed by atoms with E-state index in [9.17, 15) is 5.11 Å². The highest BCUT2D eigenvalue weighted by Crippen LogP contribution is 2.52. The molecule has 2 heterocycles. The number of nitrogens with zero attached hydrogens (tertiary/aromatic N) is 1. The highest BCUT2D eigenvalue weighted by molar-refractivity contribution is 8.00. The number of thioether (sulfide) groups is 1. The molecule has 2 unspecified atom stereocenters. The summed E-state index contributed by atoms with van der Waals surface area (Å²) < 4.78 is 6.29. The summed E-state index contributed by atoms with van der Waals surface area (Å²) in [5.74, 6) is 1.02. The first-order valence-electron chi connectivity index (χ1n) is 11.4. The van der Waals surface area contributed by atoms with Crippen LogP contribution in [0.5, 0.6) is 5.75 Å². The Morgan fingerprint density at radius 1 is 1.07 bits per heavy atom. The molecule has 0 aliphatic carbocycles. The first kappa shape index (κ1) is 21.7. The number of benzene rings is 2. The van der Waals surface area contributed by atoms with E-state index in [1.54, 1.807) is 0 Å². The van der Waals surface area contributed by atoms with E-state index in [4.69, 9.17) is 4.74 Å². The summed E-state index contributed by atoms with van der Waals surface area (Å²) in [6.45, 7) is 8.88. The zero-order valence-electron chi connectivity index (χ0n) is 18.8. The first-order chi connectivity index (χ1) is 14.5. The fourth-order valence-electron chi connectivity index (χ4n) is 4.97. The molecule has 2 atom stereocenters. The van der Waals surface area contributed by atoms with Crippen molar-refractivity contribution < 1.29 is 9.84 Å². The Bertz CT molecular complexity index is 893. The summed E-state index contributed by atoms with van der Waals surface area (Å²) in [6, 6.07) is 14.2. The van der Waals surface area contributed by atoms with Gasteiger partial charge in [0, 0.05) is 12.1 Å². The Morgan fingerprint density at radius 3 is 2.57 bits per heavy atom. The maximum Gasteiger partial charge on any atom is 0.158 e. The van der Waals surface area contributed by atoms with E-state index < -0.39 is 0 Å². The van der Waals surface area contributed by atoms with Gasteiger partial charge in [0.05, 0.1) is 11.6 Å². The zero-order chi connectivity index (χ0) is 21.3. The molecule has 1 saturated heterocycles. The van der Waals surface area contributed by atoms with E-state index in [1.165, 1.54) is 27.1 Å². The maximum absolute atomic E-state index is 10.2. The van der Waals surface area contributed by atoms with Gasteiger partial charge in [-0.3, -0.25) is 4.90 Å². The van der Waals surface area contributed by atoms with Crippen LogP contribution in [0.4, 0.5) is 0 Å². The minimum absolute atomic E-state index is 0.109. The highest BCUT2D eigenvalue weighted by Gasteiger charge is 2.39. The van der Waals surface area contributed by atoms with Gasteiger partial charge in [-0.15, -0.1) is 0 Å². The van der Waals surface area contributed by atoms with Crippen LogP contribution in [0.1, 0.15) is 74.2 Å². The molecule has 0 amide bonds. The van der Waals surface area contributed by atoms with Gasteiger partial charge in [0.15, 0.2) is 4.93 Å². The predicted octanol–water partition coefficient (Wildman–Crippen LogP) is 6.39. The molecule has 0 aromatic heterocycles. The van der Waals surface area contributed by atoms with E-state index >= 15 is 0 Å². The lowest BCUT2D eigenvalue weighted by Gasteiger charge is -2.28. The van der Waals surface area contributed by atoms with E-state index in [1.807, 2.05) is 11.8 Å². The quantitative estimate of drug-likeness (QED) is 0.557. The van der Waals surface area contributed by atoms with Crippen molar-refractivity contribution in [1.82, 2.24) is 4.90 Å². The molecule has 0 radical (unpaired) electrons. The van der Waals surface area contributed by atoms with Gasteiger partial charge in [0.25, 0.3) is 0 Å². The van der Waals surface area contributed by atoms with Gasteiger partial charge in [-0.25, -0.2) is 0 Å². The van der Waals surface area contributed by atoms with Crippen LogP contribution in [0.2, 0.25) is 0 Å². The fraction of sp³-hybridized carbons (Fsp3) is 0.538. The van der Waals surface area contributed by atoms with Crippen LogP contribution in [-0.4, -0.2) is 27.7 Å². The monoisotopic (exact) mass is 425 g/mol. The van der Waals surface area contributed by atoms with Gasteiger partial charge in [-0.2, -0.15) is 0 Å². The van der Waals surface area contributed by atoms with E-state index in [0.29, 0.717) is 12.1 Å². The largest absolute Gasteiger partial charge is 0.475 e. The molecule has 2 aliphatic rings. The summed E-state index contributed by atoms with van der Waals surface area (Å²) in [6.07, 6.45) is 6.42. The minimum Gasteiger partial charge on any atom is -0.475 e. The number of hydrogen-bond acceptors (Lipinski definition) is 4. The summed E-state index contributed by atoms with van der Waals surface area (Å²) >= 11 is 1.87. The molecule has 0 saturated carbocycles. The van der Waals surface area contributed by atoms with Crippen molar-refractivity contribution in [2.45, 2.75) is 88.1 Å². The number of aliphatic hydroxyl groups excluding tert-OH is 1. The molecule has 30 heavy (non-hydrogen) atoms. The summed E-state index contributed by atoms with van der Waals surface area (Å²) in [4.78, 5) is 3.45. The van der Waals surface area contributed by atoms with Crippen LogP contribution < -0.4 is 4.74 Å². The van der Waals surface area contributed by atoms with Crippen molar-refractivity contribution >= 4 is 11.8 Å². The molecular weight excluding hydrogens is 390 g/mol. The van der Waals surface area contributed by atoms with Crippen LogP contribution in [-0.2, 0) is 6.42 Å². The average Bonchev–Trinajstić information content (AvgIpc) is 3.35. The van der Waals surface area contributed by atoms with Crippen molar-refractivity contribution in [2.75, 3.05) is 6.73 Å². The lowest BCUT2D eigenvalue weighted by atomic mass is 10.00. The van der Waals surface area contributed by atoms with Gasteiger partial charge in [0.1, 0.15) is 5.75 Å². The Morgan fingerprint density at radius 2 is 1.87 bits per heavy atom. The Hall–Kier alpha value is -1.49. The summed E-state index contributed by atoms with van der Waals surface area (Å²) in [5.41, 5.74) is 5.44. The van der Waals surface area contributed by atoms with Crippen LogP contribution >= 0.6 is 11.8 Å². The standard InChI is InChI=1S/C26H35NO2S/c1-5-26(6-2)29-24-14-10-21(16-25(24)30-26)23-13-12-22(27(23)17-28)11-9-20-8-7-18(3)19(4)15-20/h7-8,10,14-16,22-23,28H,5-6,9,11-13,17H2,1-4H3. The van der Waals surface area contributed by atoms with E-state index in [0.717, 1.165) is 44.3 Å². The van der Waals surface area contributed by atoms with Gasteiger partial charge < -0.3 is 9.84 Å². The second-order valence-corrected chi connectivity index (χ2v) is 10.3. The van der Waals surface area contributed by atoms with E-state index in [-0.39, 0.29) is 11.7 Å². The maximum atomic E-state index is 10.2. The summed E-state index contributed by atoms with van der Waals surface area (Å²) in [5, 5.41) is 10.2. The molecule has 0 bridgehead atoms. The molecule has 4 rings (SSSR count). The highest BCUT2D eigenvalue weighted by atomic mass is 32.2. The molecule has 4 heteroatoms. The number of likely N-dealkylation sites (tertiary alicyclic amines) is 1. The number of hydrogen-bond donors (Lipinski definition) is 1. The second kappa shape index (κ2) is 8.94. The SMILES string of the molecule is CCC1(CC)Oc2ccc(C3CCC(CCc4ccc(C)c(C)c4)N3CO)cc2S1. The molecule has 2 aromatic carbocycles. The predicted molar refractivity (Wildman–Crippen MR) is 125 cm³/mol. The number of aliphatic hydroxyl groups is 1. The first-order valence-corrected chi connectivity index (χ1v) is 12.2. The minimum atomic E-state index is -0.109. The third-order valence-corrected chi connectivity index (χ3v) is 8.74. The Kier molecular flexibility index (Phi) is 6.47. The third kappa shape index (κ3) is 4.15. The number of fused-ring (bicyclic) bond motifs is 1. The molecule has 1 N–H and O–H groups in total. The van der Waals surface area contributed by atoms with Gasteiger partial charge >= 0.3 is 0 Å². The topological polar surface area (TPSA) is 32.7 Å². The number of ether oxygens (including phenoxy) is 1. The molecule has 2 aromatic rings. The normalized spacial score (nSPS) is 22.8. The third-order valence-electron chi connectivity index (χ3n) is 7.17. The van der Waals surface area contributed by atoms with Crippen molar-refractivity contribution in [3.05, 3.63) is 58.7 Å². The Labute approximate surface area is 185 Å². The molecule has 162 valence electrons. The zero-order valence-corrected chi connectivity index (χ0v) is 19.6. The second-order valence-electron chi connectivity index (χ2n) is 8.89. The molecule has 2 aliphatic heterocycles. The lowest BCUT2D eigenvalue weighted by molar-refractivity contribution is 0.0596. The fourth-order valence-corrected chi connectivity index (χ4v) is 6.19.